The molecule has 0 N–H and O–H groups in total. The summed E-state index contributed by atoms with van der Waals surface area (Å²) in [7, 11) is 0. The van der Waals surface area contributed by atoms with Crippen LogP contribution >= 0.6 is 0 Å². The van der Waals surface area contributed by atoms with E-state index in [0.717, 1.165) is 45.3 Å². The summed E-state index contributed by atoms with van der Waals surface area (Å²) in [6.07, 6.45) is 8.64. The van der Waals surface area contributed by atoms with Crippen LogP contribution in [0.25, 0.3) is 0 Å². The lowest BCUT2D eigenvalue weighted by Gasteiger charge is -2.26. The Morgan fingerprint density at radius 2 is 1.30 bits per heavy atom. The van der Waals surface area contributed by atoms with Gasteiger partial charge in [0.05, 0.1) is 11.2 Å². The first-order valence-corrected chi connectivity index (χ1v) is 11.0. The van der Waals surface area contributed by atoms with Crippen molar-refractivity contribution in [2.24, 2.45) is 11.3 Å². The van der Waals surface area contributed by atoms with Crippen LogP contribution in [0, 0.1) is 11.3 Å². The maximum absolute atomic E-state index is 12.1. The van der Waals surface area contributed by atoms with Gasteiger partial charge in [0.1, 0.15) is 5.78 Å². The molecule has 1 atom stereocenters. The van der Waals surface area contributed by atoms with Crippen molar-refractivity contribution < 1.29 is 14.3 Å². The standard InChI is InChI=1S/C24H48O3/c1-20(19-21(25)22(2,3)4)15-14-16-24(8,9)27-18-13-11-10-12-17-26-23(5,6)7/h20H,10-19H2,1-9H3. The van der Waals surface area contributed by atoms with Crippen LogP contribution in [0.1, 0.15) is 114 Å². The molecule has 0 aliphatic rings. The molecule has 0 aromatic heterocycles. The normalized spacial score (nSPS) is 14.4. The minimum atomic E-state index is -0.213. The van der Waals surface area contributed by atoms with Crippen molar-refractivity contribution in [1.82, 2.24) is 0 Å². The highest BCUT2D eigenvalue weighted by molar-refractivity contribution is 5.83. The second-order valence-corrected chi connectivity index (χ2v) is 10.9. The lowest BCUT2D eigenvalue weighted by atomic mass is 9.84. The molecule has 0 aliphatic heterocycles. The van der Waals surface area contributed by atoms with Crippen LogP contribution in [0.3, 0.4) is 0 Å². The molecular formula is C24H48O3. The Morgan fingerprint density at radius 3 is 1.78 bits per heavy atom. The highest BCUT2D eigenvalue weighted by Crippen LogP contribution is 2.25. The van der Waals surface area contributed by atoms with E-state index >= 15 is 0 Å². The van der Waals surface area contributed by atoms with Gasteiger partial charge in [0, 0.05) is 25.0 Å². The lowest BCUT2D eigenvalue weighted by Crippen LogP contribution is -2.25. The van der Waals surface area contributed by atoms with Crippen LogP contribution in [0.15, 0.2) is 0 Å². The SMILES string of the molecule is CC(CCCC(C)(C)OCCCCCCOC(C)(C)C)CC(=O)C(C)(C)C. The fourth-order valence-electron chi connectivity index (χ4n) is 2.96. The zero-order valence-electron chi connectivity index (χ0n) is 19.9. The predicted octanol–water partition coefficient (Wildman–Crippen LogP) is 6.97. The third-order valence-electron chi connectivity index (χ3n) is 4.91. The van der Waals surface area contributed by atoms with Gasteiger partial charge in [-0.25, -0.2) is 0 Å². The number of unbranched alkanes of at least 4 members (excludes halogenated alkanes) is 3. The topological polar surface area (TPSA) is 35.5 Å². The molecule has 0 saturated carbocycles. The summed E-state index contributed by atoms with van der Waals surface area (Å²) in [6.45, 7) is 20.6. The molecule has 0 bridgehead atoms. The highest BCUT2D eigenvalue weighted by Gasteiger charge is 2.23. The van der Waals surface area contributed by atoms with Crippen molar-refractivity contribution >= 4 is 5.78 Å². The van der Waals surface area contributed by atoms with Gasteiger partial charge in [-0.2, -0.15) is 0 Å². The molecule has 0 rings (SSSR count). The first-order chi connectivity index (χ1) is 12.2. The van der Waals surface area contributed by atoms with Crippen molar-refractivity contribution in [3.05, 3.63) is 0 Å². The second-order valence-electron chi connectivity index (χ2n) is 10.9. The fourth-order valence-corrected chi connectivity index (χ4v) is 2.96. The number of carbonyl (C=O) groups excluding carboxylic acids is 1. The van der Waals surface area contributed by atoms with Crippen molar-refractivity contribution in [3.8, 4) is 0 Å². The van der Waals surface area contributed by atoms with E-state index in [-0.39, 0.29) is 16.6 Å². The summed E-state index contributed by atoms with van der Waals surface area (Å²) in [5.41, 5.74) is -0.302. The molecular weight excluding hydrogens is 336 g/mol. The molecule has 0 aliphatic carbocycles. The van der Waals surface area contributed by atoms with Gasteiger partial charge >= 0.3 is 0 Å². The Hall–Kier alpha value is -0.410. The minimum absolute atomic E-state index is 0.0231. The van der Waals surface area contributed by atoms with Gasteiger partial charge in [-0.05, 0) is 59.8 Å². The molecule has 0 heterocycles. The molecule has 27 heavy (non-hydrogen) atoms. The van der Waals surface area contributed by atoms with Gasteiger partial charge in [0.25, 0.3) is 0 Å². The summed E-state index contributed by atoms with van der Waals surface area (Å²) >= 11 is 0. The van der Waals surface area contributed by atoms with E-state index < -0.39 is 0 Å². The highest BCUT2D eigenvalue weighted by atomic mass is 16.5. The lowest BCUT2D eigenvalue weighted by molar-refractivity contribution is -0.127. The maximum atomic E-state index is 12.1. The van der Waals surface area contributed by atoms with E-state index in [1.165, 1.54) is 12.8 Å². The summed E-state index contributed by atoms with van der Waals surface area (Å²) in [6, 6.07) is 0. The average Bonchev–Trinajstić information content (AvgIpc) is 2.47. The molecule has 0 aromatic rings. The van der Waals surface area contributed by atoms with Crippen molar-refractivity contribution in [2.45, 2.75) is 125 Å². The molecule has 0 radical (unpaired) electrons. The molecule has 0 saturated heterocycles. The van der Waals surface area contributed by atoms with Crippen LogP contribution in [0.4, 0.5) is 0 Å². The number of hydrogen-bond acceptors (Lipinski definition) is 3. The van der Waals surface area contributed by atoms with Crippen LogP contribution < -0.4 is 0 Å². The third-order valence-corrected chi connectivity index (χ3v) is 4.91. The van der Waals surface area contributed by atoms with Gasteiger partial charge in [0.2, 0.25) is 0 Å². The molecule has 3 heteroatoms. The van der Waals surface area contributed by atoms with Crippen molar-refractivity contribution in [1.29, 1.82) is 0 Å². The maximum Gasteiger partial charge on any atom is 0.138 e. The molecule has 0 fully saturated rings. The quantitative estimate of drug-likeness (QED) is 0.303. The Morgan fingerprint density at radius 1 is 0.778 bits per heavy atom. The third kappa shape index (κ3) is 16.3. The molecule has 162 valence electrons. The molecule has 0 spiro atoms. The average molecular weight is 385 g/mol. The van der Waals surface area contributed by atoms with E-state index in [1.54, 1.807) is 0 Å². The fraction of sp³-hybridized carbons (Fsp3) is 0.958. The number of rotatable bonds is 14. The number of Topliss-reactive ketones (excluding diaryl/α,β-unsaturated/α-hetero) is 1. The molecule has 0 amide bonds. The first-order valence-electron chi connectivity index (χ1n) is 11.0. The van der Waals surface area contributed by atoms with Crippen LogP contribution in [0.5, 0.6) is 0 Å². The second kappa shape index (κ2) is 12.2. The van der Waals surface area contributed by atoms with E-state index in [2.05, 4.69) is 41.5 Å². The van der Waals surface area contributed by atoms with E-state index in [9.17, 15) is 4.79 Å². The monoisotopic (exact) mass is 384 g/mol. The summed E-state index contributed by atoms with van der Waals surface area (Å²) in [4.78, 5) is 12.1. The summed E-state index contributed by atoms with van der Waals surface area (Å²) in [5, 5.41) is 0. The minimum Gasteiger partial charge on any atom is -0.376 e. The zero-order valence-corrected chi connectivity index (χ0v) is 19.9. The van der Waals surface area contributed by atoms with Gasteiger partial charge in [-0.3, -0.25) is 4.79 Å². The Bertz CT molecular complexity index is 399. The smallest absolute Gasteiger partial charge is 0.138 e. The van der Waals surface area contributed by atoms with Crippen LogP contribution in [-0.2, 0) is 14.3 Å². The largest absolute Gasteiger partial charge is 0.376 e. The van der Waals surface area contributed by atoms with E-state index in [0.29, 0.717) is 18.1 Å². The number of carbonyl (C=O) groups is 1. The zero-order chi connectivity index (χ0) is 21.1. The number of ketones is 1. The van der Waals surface area contributed by atoms with Gasteiger partial charge in [-0.1, -0.05) is 53.4 Å². The van der Waals surface area contributed by atoms with Crippen LogP contribution in [0.2, 0.25) is 0 Å². The molecule has 0 aromatic carbocycles. The van der Waals surface area contributed by atoms with E-state index in [1.807, 2.05) is 20.8 Å². The Kier molecular flexibility index (Phi) is 12.0. The number of ether oxygens (including phenoxy) is 2. The molecule has 1 unspecified atom stereocenters. The summed E-state index contributed by atoms with van der Waals surface area (Å²) in [5.74, 6) is 0.834. The van der Waals surface area contributed by atoms with Crippen LogP contribution in [-0.4, -0.2) is 30.2 Å². The van der Waals surface area contributed by atoms with Gasteiger partial charge < -0.3 is 9.47 Å². The predicted molar refractivity (Wildman–Crippen MR) is 116 cm³/mol. The number of hydrogen-bond donors (Lipinski definition) is 0. The van der Waals surface area contributed by atoms with Crippen molar-refractivity contribution in [2.75, 3.05) is 13.2 Å². The van der Waals surface area contributed by atoms with E-state index in [4.69, 9.17) is 9.47 Å². The first kappa shape index (κ1) is 26.6. The Balaban J connectivity index is 3.75. The molecule has 3 nitrogen and oxygen atoms in total. The summed E-state index contributed by atoms with van der Waals surface area (Å²) < 4.78 is 11.9. The van der Waals surface area contributed by atoms with Crippen molar-refractivity contribution in [3.63, 3.8) is 0 Å². The van der Waals surface area contributed by atoms with Gasteiger partial charge in [-0.15, -0.1) is 0 Å². The Labute approximate surface area is 170 Å². The van der Waals surface area contributed by atoms with Gasteiger partial charge in [0.15, 0.2) is 0 Å².